The second-order valence-corrected chi connectivity index (χ2v) is 11.7. The Hall–Kier alpha value is -5.52. The summed E-state index contributed by atoms with van der Waals surface area (Å²) in [5.74, 6) is -0.720. The summed E-state index contributed by atoms with van der Waals surface area (Å²) >= 11 is 6.48. The minimum absolute atomic E-state index is 0. The maximum absolute atomic E-state index is 12.8. The van der Waals surface area contributed by atoms with E-state index in [2.05, 4.69) is 35.6 Å². The normalized spacial score (nSPS) is 11.3. The molecule has 0 spiro atoms. The second-order valence-electron chi connectivity index (χ2n) is 11.2. The zero-order valence-corrected chi connectivity index (χ0v) is 28.8. The highest BCUT2D eigenvalue weighted by atomic mass is 79.9. The Morgan fingerprint density at radius 1 is 1.14 bits per heavy atom. The molecule has 49 heavy (non-hydrogen) atoms. The highest BCUT2D eigenvalue weighted by Crippen LogP contribution is 2.31. The van der Waals surface area contributed by atoms with Gasteiger partial charge in [-0.05, 0) is 52.4 Å². The lowest BCUT2D eigenvalue weighted by atomic mass is 10.2. The number of amides is 2. The third-order valence-corrected chi connectivity index (χ3v) is 7.40. The summed E-state index contributed by atoms with van der Waals surface area (Å²) in [6, 6.07) is 12.5. The molecule has 0 aliphatic heterocycles. The van der Waals surface area contributed by atoms with Gasteiger partial charge in [-0.1, -0.05) is 17.7 Å². The molecule has 0 saturated carbocycles. The standard InChI is InChI=1S/C31H30ClN11O5.BrH/c1-41-24(30(42(46)47)40-31(41)28(33)45)16-43(2,3)12-6-8-27(44)39-26-14-21-23(15-35-26)36-18-37-29(21)38-19-9-10-25(22(32)13-19)48-17-20-7-4-5-11-34-20;/h4-11,13-15,18H,12,16-17H2,1-3H3,(H3-,33,35,36,37,38,39,40,44,45);1H/b8-6+;. The fourth-order valence-electron chi connectivity index (χ4n) is 4.74. The Labute approximate surface area is 295 Å². The van der Waals surface area contributed by atoms with Crippen molar-refractivity contribution in [3.05, 3.63) is 106 Å². The zero-order chi connectivity index (χ0) is 34.4. The Kier molecular flexibility index (Phi) is 11.6. The number of hydrogen-bond donors (Lipinski definition) is 3. The quantitative estimate of drug-likeness (QED) is 0.0667. The number of quaternary nitrogens is 1. The average Bonchev–Trinajstić information content (AvgIpc) is 3.36. The minimum Gasteiger partial charge on any atom is -1.00 e. The van der Waals surface area contributed by atoms with E-state index in [0.29, 0.717) is 39.7 Å². The van der Waals surface area contributed by atoms with Crippen LogP contribution in [0.4, 0.5) is 23.1 Å². The molecule has 5 aromatic rings. The molecule has 0 radical (unpaired) electrons. The van der Waals surface area contributed by atoms with Gasteiger partial charge in [-0.15, -0.1) is 0 Å². The Morgan fingerprint density at radius 2 is 1.94 bits per heavy atom. The highest BCUT2D eigenvalue weighted by Gasteiger charge is 2.32. The van der Waals surface area contributed by atoms with Gasteiger partial charge in [-0.25, -0.2) is 15.0 Å². The second kappa shape index (κ2) is 15.6. The Morgan fingerprint density at radius 3 is 2.63 bits per heavy atom. The van der Waals surface area contributed by atoms with Crippen molar-refractivity contribution in [1.29, 1.82) is 0 Å². The summed E-state index contributed by atoms with van der Waals surface area (Å²) in [5.41, 5.74) is 7.52. The molecule has 254 valence electrons. The maximum Gasteiger partial charge on any atom is 0.391 e. The number of ether oxygens (including phenoxy) is 1. The summed E-state index contributed by atoms with van der Waals surface area (Å²) in [4.78, 5) is 56.3. The molecule has 4 aromatic heterocycles. The number of pyridine rings is 2. The van der Waals surface area contributed by atoms with Crippen LogP contribution in [0.5, 0.6) is 5.75 Å². The van der Waals surface area contributed by atoms with Crippen LogP contribution in [0, 0.1) is 10.1 Å². The number of nitrogens with two attached hydrogens (primary N) is 1. The third kappa shape index (κ3) is 9.10. The maximum atomic E-state index is 12.8. The van der Waals surface area contributed by atoms with Crippen LogP contribution >= 0.6 is 11.6 Å². The molecule has 1 aromatic carbocycles. The molecule has 0 aliphatic carbocycles. The smallest absolute Gasteiger partial charge is 0.391 e. The van der Waals surface area contributed by atoms with Gasteiger partial charge in [0.25, 0.3) is 0 Å². The van der Waals surface area contributed by atoms with Gasteiger partial charge in [0.15, 0.2) is 5.69 Å². The predicted molar refractivity (Wildman–Crippen MR) is 177 cm³/mol. The number of hydrogen-bond acceptors (Lipinski definition) is 11. The van der Waals surface area contributed by atoms with E-state index in [4.69, 9.17) is 22.1 Å². The number of anilines is 3. The van der Waals surface area contributed by atoms with Crippen LogP contribution < -0.4 is 38.1 Å². The van der Waals surface area contributed by atoms with Gasteiger partial charge in [-0.2, -0.15) is 0 Å². The fraction of sp³-hybridized carbons (Fsp3) is 0.194. The summed E-state index contributed by atoms with van der Waals surface area (Å²) in [6.07, 6.45) is 7.59. The van der Waals surface area contributed by atoms with E-state index in [-0.39, 0.29) is 52.0 Å². The van der Waals surface area contributed by atoms with E-state index in [1.165, 1.54) is 30.2 Å². The van der Waals surface area contributed by atoms with Crippen molar-refractivity contribution in [3.8, 4) is 5.75 Å². The van der Waals surface area contributed by atoms with Gasteiger partial charge >= 0.3 is 17.5 Å². The number of rotatable bonds is 13. The number of likely N-dealkylation sites (N-methyl/N-ethyl adjacent to an activating group) is 1. The van der Waals surface area contributed by atoms with E-state index in [0.717, 1.165) is 5.69 Å². The van der Waals surface area contributed by atoms with E-state index >= 15 is 0 Å². The molecule has 2 amide bonds. The molecule has 4 heterocycles. The van der Waals surface area contributed by atoms with Crippen molar-refractivity contribution in [3.63, 3.8) is 0 Å². The first-order valence-corrected chi connectivity index (χ1v) is 14.8. The lowest BCUT2D eigenvalue weighted by Crippen LogP contribution is -3.00. The SMILES string of the molecule is Cn1c(C(N)=O)nc([N+](=O)[O-])c1C[N+](C)(C)C/C=C/C(=O)Nc1cc2c(Nc3ccc(OCc4ccccn4)c(Cl)c3)ncnc2cn1.[Br-]. The molecule has 0 atom stereocenters. The van der Waals surface area contributed by atoms with Crippen molar-refractivity contribution in [2.45, 2.75) is 13.2 Å². The monoisotopic (exact) mass is 751 g/mol. The molecule has 0 bridgehead atoms. The van der Waals surface area contributed by atoms with Crippen LogP contribution in [0.2, 0.25) is 5.02 Å². The summed E-state index contributed by atoms with van der Waals surface area (Å²) < 4.78 is 7.33. The minimum atomic E-state index is -0.869. The fourth-order valence-corrected chi connectivity index (χ4v) is 4.97. The number of halogens is 2. The number of benzene rings is 1. The first kappa shape index (κ1) is 36.3. The Balaban J connectivity index is 0.00000541. The molecule has 0 saturated heterocycles. The summed E-state index contributed by atoms with van der Waals surface area (Å²) in [7, 11) is 5.13. The molecule has 4 N–H and O–H groups in total. The molecule has 0 fully saturated rings. The number of carbonyl (C=O) groups is 2. The molecule has 0 aliphatic rings. The number of nitro groups is 1. The van der Waals surface area contributed by atoms with Crippen molar-refractivity contribution in [2.75, 3.05) is 31.3 Å². The number of aromatic nitrogens is 6. The van der Waals surface area contributed by atoms with E-state index in [9.17, 15) is 19.7 Å². The van der Waals surface area contributed by atoms with Crippen LogP contribution in [-0.2, 0) is 25.0 Å². The molecule has 5 rings (SSSR count). The van der Waals surface area contributed by atoms with Crippen molar-refractivity contribution < 1.29 is 40.7 Å². The average molecular weight is 753 g/mol. The molecule has 18 heteroatoms. The number of primary amides is 1. The van der Waals surface area contributed by atoms with Crippen LogP contribution in [0.1, 0.15) is 22.0 Å². The van der Waals surface area contributed by atoms with E-state index in [1.54, 1.807) is 36.5 Å². The van der Waals surface area contributed by atoms with E-state index < -0.39 is 22.6 Å². The molecule has 0 unspecified atom stereocenters. The molecule has 16 nitrogen and oxygen atoms in total. The Bertz CT molecular complexity index is 2040. The number of nitrogens with one attached hydrogen (secondary N) is 2. The van der Waals surface area contributed by atoms with Gasteiger partial charge in [0, 0.05) is 30.4 Å². The zero-order valence-electron chi connectivity index (χ0n) is 26.5. The largest absolute Gasteiger partial charge is 1.00 e. The van der Waals surface area contributed by atoms with Gasteiger partial charge in [0.05, 0.1) is 43.1 Å². The third-order valence-electron chi connectivity index (χ3n) is 7.10. The lowest BCUT2D eigenvalue weighted by molar-refractivity contribution is -0.898. The number of fused-ring (bicyclic) bond motifs is 1. The first-order chi connectivity index (χ1) is 22.9. The topological polar surface area (TPSA) is 206 Å². The van der Waals surface area contributed by atoms with Crippen molar-refractivity contribution >= 4 is 57.5 Å². The predicted octanol–water partition coefficient (Wildman–Crippen LogP) is 0.912. The van der Waals surface area contributed by atoms with Crippen LogP contribution in [0.25, 0.3) is 10.9 Å². The highest BCUT2D eigenvalue weighted by molar-refractivity contribution is 6.32. The number of imidazole rings is 1. The molecular weight excluding hydrogens is 722 g/mol. The summed E-state index contributed by atoms with van der Waals surface area (Å²) in [5, 5.41) is 18.5. The van der Waals surface area contributed by atoms with E-state index in [1.807, 2.05) is 32.3 Å². The van der Waals surface area contributed by atoms with Crippen LogP contribution in [-0.4, -0.2) is 71.3 Å². The van der Waals surface area contributed by atoms with Crippen molar-refractivity contribution in [2.24, 2.45) is 12.8 Å². The van der Waals surface area contributed by atoms with Gasteiger partial charge in [0.2, 0.25) is 5.91 Å². The number of nitrogens with zero attached hydrogens (tertiary/aromatic N) is 8. The number of carbonyl (C=O) groups excluding carboxylic acids is 2. The van der Waals surface area contributed by atoms with Gasteiger partial charge < -0.3 is 52.7 Å². The van der Waals surface area contributed by atoms with Crippen LogP contribution in [0.3, 0.4) is 0 Å². The van der Waals surface area contributed by atoms with Gasteiger partial charge in [0.1, 0.15) is 36.9 Å². The van der Waals surface area contributed by atoms with Crippen molar-refractivity contribution in [1.82, 2.24) is 29.5 Å². The summed E-state index contributed by atoms with van der Waals surface area (Å²) in [6.45, 7) is 0.740. The first-order valence-electron chi connectivity index (χ1n) is 14.4. The molecular formula is C31H31BrClN11O5. The van der Waals surface area contributed by atoms with Crippen LogP contribution in [0.15, 0.2) is 73.3 Å². The lowest BCUT2D eigenvalue weighted by Gasteiger charge is -2.28. The van der Waals surface area contributed by atoms with Gasteiger partial charge in [-0.3, -0.25) is 19.1 Å².